The third-order valence-corrected chi connectivity index (χ3v) is 8.32. The van der Waals surface area contributed by atoms with Crippen molar-refractivity contribution in [3.63, 3.8) is 0 Å². The molecule has 0 aliphatic carbocycles. The number of nitrogens with zero attached hydrogens (tertiary/aromatic N) is 3. The van der Waals surface area contributed by atoms with E-state index in [1.54, 1.807) is 9.80 Å². The van der Waals surface area contributed by atoms with Gasteiger partial charge < -0.3 is 25.7 Å². The number of aliphatic hydroxyl groups excluding tert-OH is 2. The van der Waals surface area contributed by atoms with E-state index in [1.807, 2.05) is 80.6 Å². The van der Waals surface area contributed by atoms with Gasteiger partial charge in [0, 0.05) is 18.5 Å². The molecule has 4 aromatic rings. The van der Waals surface area contributed by atoms with Crippen LogP contribution in [0, 0.1) is 13.8 Å². The molecule has 0 bridgehead atoms. The lowest BCUT2D eigenvalue weighted by atomic mass is 9.90. The molecule has 5 N–H and O–H groups in total. The van der Waals surface area contributed by atoms with Crippen molar-refractivity contribution < 1.29 is 15.0 Å². The van der Waals surface area contributed by atoms with Crippen LogP contribution in [-0.2, 0) is 19.4 Å². The number of carbonyl (C=O) groups excluding carboxylic acids is 1. The largest absolute Gasteiger partial charge is 0.388 e. The number of aromatic amines is 1. The van der Waals surface area contributed by atoms with Gasteiger partial charge in [0.1, 0.15) is 12.2 Å². The second-order valence-electron chi connectivity index (χ2n) is 11.4. The number of hydrogen-bond acceptors (Lipinski definition) is 5. The van der Waals surface area contributed by atoms with E-state index in [2.05, 4.69) is 17.1 Å². The van der Waals surface area contributed by atoms with Crippen molar-refractivity contribution in [2.75, 3.05) is 12.3 Å². The number of aryl methyl sites for hydroxylation is 2. The Morgan fingerprint density at radius 2 is 1.37 bits per heavy atom. The lowest BCUT2D eigenvalue weighted by molar-refractivity contribution is -0.0402. The van der Waals surface area contributed by atoms with Crippen molar-refractivity contribution in [1.29, 1.82) is 0 Å². The van der Waals surface area contributed by atoms with Crippen molar-refractivity contribution in [2.24, 2.45) is 0 Å². The lowest BCUT2D eigenvalue weighted by Crippen LogP contribution is -2.51. The van der Waals surface area contributed by atoms with Crippen molar-refractivity contribution >= 4 is 22.8 Å². The zero-order chi connectivity index (χ0) is 29.1. The normalized spacial score (nSPS) is 21.4. The van der Waals surface area contributed by atoms with E-state index in [9.17, 15) is 15.0 Å². The number of aromatic nitrogens is 2. The highest BCUT2D eigenvalue weighted by Gasteiger charge is 2.46. The molecule has 216 valence electrons. The topological polar surface area (TPSA) is 119 Å². The van der Waals surface area contributed by atoms with Crippen LogP contribution in [-0.4, -0.2) is 67.1 Å². The number of amides is 2. The van der Waals surface area contributed by atoms with Crippen LogP contribution in [0.3, 0.4) is 0 Å². The highest BCUT2D eigenvalue weighted by atomic mass is 16.3. The third kappa shape index (κ3) is 6.24. The molecule has 1 aliphatic heterocycles. The summed E-state index contributed by atoms with van der Waals surface area (Å²) in [4.78, 5) is 18.1. The summed E-state index contributed by atoms with van der Waals surface area (Å²) < 4.78 is 0. The zero-order valence-electron chi connectivity index (χ0n) is 24.1. The highest BCUT2D eigenvalue weighted by Crippen LogP contribution is 2.30. The molecule has 0 saturated carbocycles. The number of anilines is 1. The Morgan fingerprint density at radius 3 is 1.93 bits per heavy atom. The second-order valence-corrected chi connectivity index (χ2v) is 11.4. The van der Waals surface area contributed by atoms with Gasteiger partial charge in [-0.1, -0.05) is 79.1 Å². The fraction of sp³-hybridized carbons (Fsp3) is 0.394. The van der Waals surface area contributed by atoms with Gasteiger partial charge in [-0.3, -0.25) is 5.10 Å². The number of rotatable bonds is 9. The van der Waals surface area contributed by atoms with E-state index in [-0.39, 0.29) is 12.6 Å². The van der Waals surface area contributed by atoms with Crippen LogP contribution < -0.4 is 5.73 Å². The fourth-order valence-electron chi connectivity index (χ4n) is 5.82. The quantitative estimate of drug-likeness (QED) is 0.238. The van der Waals surface area contributed by atoms with E-state index < -0.39 is 24.3 Å². The van der Waals surface area contributed by atoms with Gasteiger partial charge in [-0.25, -0.2) is 4.79 Å². The van der Waals surface area contributed by atoms with Crippen LogP contribution in [0.4, 0.5) is 10.6 Å². The third-order valence-electron chi connectivity index (χ3n) is 8.32. The first-order valence-corrected chi connectivity index (χ1v) is 14.5. The summed E-state index contributed by atoms with van der Waals surface area (Å²) in [6, 6.07) is 20.7. The van der Waals surface area contributed by atoms with E-state index in [0.29, 0.717) is 25.2 Å². The molecule has 1 fully saturated rings. The molecule has 2 amide bonds. The molecule has 0 spiro atoms. The van der Waals surface area contributed by atoms with Crippen molar-refractivity contribution in [1.82, 2.24) is 20.0 Å². The van der Waals surface area contributed by atoms with Crippen LogP contribution in [0.5, 0.6) is 0 Å². The number of urea groups is 1. The molecular formula is C33H41N5O3. The van der Waals surface area contributed by atoms with E-state index >= 15 is 0 Å². The molecule has 2 heterocycles. The minimum absolute atomic E-state index is 0.177. The average Bonchev–Trinajstić information content (AvgIpc) is 3.32. The monoisotopic (exact) mass is 555 g/mol. The Labute approximate surface area is 241 Å². The van der Waals surface area contributed by atoms with Crippen LogP contribution in [0.25, 0.3) is 10.9 Å². The van der Waals surface area contributed by atoms with Gasteiger partial charge in [-0.15, -0.1) is 0 Å². The van der Waals surface area contributed by atoms with Gasteiger partial charge in [-0.05, 0) is 61.9 Å². The van der Waals surface area contributed by atoms with Gasteiger partial charge >= 0.3 is 6.03 Å². The fourth-order valence-corrected chi connectivity index (χ4v) is 5.82. The van der Waals surface area contributed by atoms with Gasteiger partial charge in [0.25, 0.3) is 0 Å². The number of aliphatic hydroxyl groups is 2. The Kier molecular flexibility index (Phi) is 8.61. The molecule has 8 heteroatoms. The number of carbonyl (C=O) groups is 1. The minimum Gasteiger partial charge on any atom is -0.388 e. The van der Waals surface area contributed by atoms with Crippen molar-refractivity contribution in [3.8, 4) is 0 Å². The summed E-state index contributed by atoms with van der Waals surface area (Å²) in [5.41, 5.74) is 12.1. The summed E-state index contributed by atoms with van der Waals surface area (Å²) in [7, 11) is 0. The highest BCUT2D eigenvalue weighted by molar-refractivity contribution is 5.89. The summed E-state index contributed by atoms with van der Waals surface area (Å²) in [6.07, 6.45) is 0.306. The number of benzene rings is 3. The summed E-state index contributed by atoms with van der Waals surface area (Å²) in [6.45, 7) is 6.91. The Balaban J connectivity index is 1.55. The first kappa shape index (κ1) is 28.6. The first-order valence-electron chi connectivity index (χ1n) is 14.5. The van der Waals surface area contributed by atoms with E-state index in [1.165, 1.54) is 0 Å². The zero-order valence-corrected chi connectivity index (χ0v) is 24.1. The first-order chi connectivity index (χ1) is 19.7. The van der Waals surface area contributed by atoms with Crippen LogP contribution >= 0.6 is 0 Å². The van der Waals surface area contributed by atoms with Gasteiger partial charge in [-0.2, -0.15) is 5.10 Å². The molecule has 4 atom stereocenters. The molecule has 1 aromatic heterocycles. The number of hydrogen-bond donors (Lipinski definition) is 4. The summed E-state index contributed by atoms with van der Waals surface area (Å²) in [5.74, 6) is 0.401. The van der Waals surface area contributed by atoms with Gasteiger partial charge in [0.05, 0.1) is 17.6 Å². The maximum Gasteiger partial charge on any atom is 0.321 e. The molecular weight excluding hydrogens is 514 g/mol. The molecule has 1 aliphatic rings. The molecule has 1 saturated heterocycles. The molecule has 0 radical (unpaired) electrons. The molecule has 5 rings (SSSR count). The SMILES string of the molecule is CCCCN1C(=O)N(Cc2ccc3[nH]nc(N)c3c2)[C@H](Cc2ccc(C)cc2)[C@H](O)[C@@H](O)[C@H]1Cc1ccc(C)cc1. The number of nitrogens with one attached hydrogen (secondary N) is 1. The Morgan fingerprint density at radius 1 is 0.829 bits per heavy atom. The van der Waals surface area contributed by atoms with E-state index in [4.69, 9.17) is 5.73 Å². The maximum absolute atomic E-state index is 14.5. The molecule has 8 nitrogen and oxygen atoms in total. The number of nitrogens with two attached hydrogens (primary N) is 1. The number of nitrogen functional groups attached to an aromatic ring is 1. The van der Waals surface area contributed by atoms with Crippen molar-refractivity contribution in [3.05, 3.63) is 94.5 Å². The predicted octanol–water partition coefficient (Wildman–Crippen LogP) is 4.74. The van der Waals surface area contributed by atoms with Crippen molar-refractivity contribution in [2.45, 2.75) is 77.3 Å². The summed E-state index contributed by atoms with van der Waals surface area (Å²) in [5, 5.41) is 31.4. The Hall–Kier alpha value is -3.88. The smallest absolute Gasteiger partial charge is 0.321 e. The van der Waals surface area contributed by atoms with Crippen LogP contribution in [0.1, 0.15) is 47.6 Å². The van der Waals surface area contributed by atoms with Crippen LogP contribution in [0.15, 0.2) is 66.7 Å². The molecule has 3 aromatic carbocycles. The standard InChI is InChI=1S/C33H41N5O3/c1-4-5-16-37-28(18-23-10-6-21(2)7-11-23)30(39)31(40)29(19-24-12-8-22(3)9-13-24)38(33(37)41)20-25-14-15-27-26(17-25)32(34)36-35-27/h6-15,17,28-31,39-40H,4-5,16,18-20H2,1-3H3,(H3,34,35,36)/t28-,29-,30+,31+/m1/s1. The van der Waals surface area contributed by atoms with E-state index in [0.717, 1.165) is 51.6 Å². The summed E-state index contributed by atoms with van der Waals surface area (Å²) >= 11 is 0. The average molecular weight is 556 g/mol. The molecule has 41 heavy (non-hydrogen) atoms. The predicted molar refractivity (Wildman–Crippen MR) is 162 cm³/mol. The van der Waals surface area contributed by atoms with Gasteiger partial charge in [0.2, 0.25) is 0 Å². The number of fused-ring (bicyclic) bond motifs is 1. The maximum atomic E-state index is 14.5. The minimum atomic E-state index is -1.15. The second kappa shape index (κ2) is 12.3. The Bertz CT molecular complexity index is 1470. The number of unbranched alkanes of at least 4 members (excludes halogenated alkanes) is 1. The number of H-pyrrole nitrogens is 1. The molecule has 0 unspecified atom stereocenters. The lowest BCUT2D eigenvalue weighted by Gasteiger charge is -2.35. The van der Waals surface area contributed by atoms with Crippen LogP contribution in [0.2, 0.25) is 0 Å². The van der Waals surface area contributed by atoms with Gasteiger partial charge in [0.15, 0.2) is 5.82 Å².